The van der Waals surface area contributed by atoms with Gasteiger partial charge in [-0.25, -0.2) is 26.6 Å². The number of hydrogen-bond acceptors (Lipinski definition) is 6. The van der Waals surface area contributed by atoms with Crippen molar-refractivity contribution in [3.63, 3.8) is 0 Å². The summed E-state index contributed by atoms with van der Waals surface area (Å²) < 4.78 is 82.0. The summed E-state index contributed by atoms with van der Waals surface area (Å²) in [5.41, 5.74) is 1.05. The maximum atomic E-state index is 14.2. The van der Waals surface area contributed by atoms with Crippen molar-refractivity contribution in [2.75, 3.05) is 32.9 Å². The first kappa shape index (κ1) is 24.6. The van der Waals surface area contributed by atoms with Gasteiger partial charge in [0.15, 0.2) is 16.8 Å². The molecule has 35 heavy (non-hydrogen) atoms. The highest BCUT2D eigenvalue weighted by Gasteiger charge is 2.28. The minimum atomic E-state index is -3.71. The van der Waals surface area contributed by atoms with E-state index in [4.69, 9.17) is 9.47 Å². The van der Waals surface area contributed by atoms with Crippen LogP contribution in [0, 0.1) is 17.5 Å². The predicted octanol–water partition coefficient (Wildman–Crippen LogP) is 3.95. The Kier molecular flexibility index (Phi) is 7.09. The first-order chi connectivity index (χ1) is 16.8. The van der Waals surface area contributed by atoms with Gasteiger partial charge in [-0.1, -0.05) is 11.8 Å². The Morgan fingerprint density at radius 1 is 1.09 bits per heavy atom. The first-order valence-corrected chi connectivity index (χ1v) is 13.7. The van der Waals surface area contributed by atoms with E-state index in [-0.39, 0.29) is 35.4 Å². The molecule has 0 aliphatic carbocycles. The molecule has 0 spiro atoms. The Bertz CT molecular complexity index is 1340. The Hall–Kier alpha value is -2.12. The third kappa shape index (κ3) is 5.08. The molecule has 0 bridgehead atoms. The van der Waals surface area contributed by atoms with Crippen LogP contribution in [0.1, 0.15) is 18.4 Å². The average Bonchev–Trinajstić information content (AvgIpc) is 3.49. The minimum absolute atomic E-state index is 0.0353. The van der Waals surface area contributed by atoms with E-state index in [0.717, 1.165) is 30.7 Å². The van der Waals surface area contributed by atoms with Crippen LogP contribution in [0.5, 0.6) is 0 Å². The molecular weight excluding hydrogens is 503 g/mol. The number of imidazole rings is 1. The van der Waals surface area contributed by atoms with Gasteiger partial charge in [0.1, 0.15) is 5.82 Å². The minimum Gasteiger partial charge on any atom is -0.379 e. The van der Waals surface area contributed by atoms with Gasteiger partial charge in [-0.15, -0.1) is 0 Å². The largest absolute Gasteiger partial charge is 0.379 e. The quantitative estimate of drug-likeness (QED) is 0.342. The van der Waals surface area contributed by atoms with Gasteiger partial charge in [0, 0.05) is 37.1 Å². The molecule has 2 aliphatic heterocycles. The third-order valence-electron chi connectivity index (χ3n) is 6.13. The van der Waals surface area contributed by atoms with Gasteiger partial charge in [0.25, 0.3) is 0 Å². The molecule has 188 valence electrons. The standard InChI is InChI=1S/C23H24F3N3O4S2/c24-16-10-15(22(26)19(25)11-16)14-34-23-27-20-12-18(35(30,31)28-5-8-32-9-6-28)3-4-21(20)29(23)13-17-2-1-7-33-17/h3-4,10-12,17H,1-2,5-9,13-14H2. The lowest BCUT2D eigenvalue weighted by molar-refractivity contribution is 0.0730. The van der Waals surface area contributed by atoms with Gasteiger partial charge in [0.2, 0.25) is 10.0 Å². The van der Waals surface area contributed by atoms with E-state index in [2.05, 4.69) is 4.98 Å². The molecule has 2 fully saturated rings. The van der Waals surface area contributed by atoms with Gasteiger partial charge in [-0.3, -0.25) is 0 Å². The number of hydrogen-bond donors (Lipinski definition) is 0. The summed E-state index contributed by atoms with van der Waals surface area (Å²) in [6.45, 7) is 2.39. The third-order valence-corrected chi connectivity index (χ3v) is 9.05. The molecule has 3 aromatic rings. The molecule has 12 heteroatoms. The normalized spacial score (nSPS) is 19.6. The summed E-state index contributed by atoms with van der Waals surface area (Å²) in [5.74, 6) is -3.25. The van der Waals surface area contributed by atoms with Crippen molar-refractivity contribution in [1.29, 1.82) is 0 Å². The summed E-state index contributed by atoms with van der Waals surface area (Å²) in [6.07, 6.45) is 1.78. The first-order valence-electron chi connectivity index (χ1n) is 11.3. The molecule has 1 atom stereocenters. The van der Waals surface area contributed by atoms with Gasteiger partial charge in [-0.2, -0.15) is 4.31 Å². The highest BCUT2D eigenvalue weighted by molar-refractivity contribution is 7.98. The molecular formula is C23H24F3N3O4S2. The van der Waals surface area contributed by atoms with Gasteiger partial charge < -0.3 is 14.0 Å². The van der Waals surface area contributed by atoms with Crippen LogP contribution in [0.3, 0.4) is 0 Å². The van der Waals surface area contributed by atoms with Crippen molar-refractivity contribution < 1.29 is 31.1 Å². The second-order valence-electron chi connectivity index (χ2n) is 8.46. The van der Waals surface area contributed by atoms with E-state index < -0.39 is 27.5 Å². The molecule has 7 nitrogen and oxygen atoms in total. The van der Waals surface area contributed by atoms with Crippen molar-refractivity contribution >= 4 is 32.8 Å². The van der Waals surface area contributed by atoms with E-state index in [1.165, 1.54) is 10.4 Å². The fraction of sp³-hybridized carbons (Fsp3) is 0.435. The van der Waals surface area contributed by atoms with Gasteiger partial charge in [-0.05, 0) is 37.1 Å². The number of rotatable bonds is 7. The molecule has 2 aliphatic rings. The summed E-state index contributed by atoms with van der Waals surface area (Å²) in [4.78, 5) is 4.74. The summed E-state index contributed by atoms with van der Waals surface area (Å²) >= 11 is 1.13. The van der Waals surface area contributed by atoms with Crippen LogP contribution in [-0.4, -0.2) is 61.3 Å². The number of nitrogens with zero attached hydrogens (tertiary/aromatic N) is 3. The number of morpholine rings is 1. The fourth-order valence-corrected chi connectivity index (χ4v) is 6.73. The van der Waals surface area contributed by atoms with E-state index in [0.29, 0.717) is 48.6 Å². The van der Waals surface area contributed by atoms with Crippen molar-refractivity contribution in [2.24, 2.45) is 0 Å². The van der Waals surface area contributed by atoms with Crippen LogP contribution in [0.15, 0.2) is 40.4 Å². The Balaban J connectivity index is 1.49. The number of fused-ring (bicyclic) bond motifs is 1. The topological polar surface area (TPSA) is 73.7 Å². The van der Waals surface area contributed by atoms with Crippen LogP contribution in [-0.2, 0) is 31.8 Å². The Morgan fingerprint density at radius 3 is 2.63 bits per heavy atom. The molecule has 0 radical (unpaired) electrons. The molecule has 0 N–H and O–H groups in total. The highest BCUT2D eigenvalue weighted by Crippen LogP contribution is 2.31. The van der Waals surface area contributed by atoms with Crippen molar-refractivity contribution in [3.05, 3.63) is 53.3 Å². The number of ether oxygens (including phenoxy) is 2. The van der Waals surface area contributed by atoms with Gasteiger partial charge in [0.05, 0.1) is 41.8 Å². The fourth-order valence-electron chi connectivity index (χ4n) is 4.32. The number of thioether (sulfide) groups is 1. The SMILES string of the molecule is O=S(=O)(c1ccc2c(c1)nc(SCc1cc(F)cc(F)c1F)n2CC1CCCO1)N1CCOCC1. The Labute approximate surface area is 205 Å². The highest BCUT2D eigenvalue weighted by atomic mass is 32.2. The second kappa shape index (κ2) is 10.1. The number of benzene rings is 2. The van der Waals surface area contributed by atoms with E-state index in [9.17, 15) is 21.6 Å². The average molecular weight is 528 g/mol. The van der Waals surface area contributed by atoms with Crippen LogP contribution < -0.4 is 0 Å². The van der Waals surface area contributed by atoms with Crippen LogP contribution in [0.4, 0.5) is 13.2 Å². The van der Waals surface area contributed by atoms with Crippen molar-refractivity contribution in [2.45, 2.75) is 41.3 Å². The molecule has 1 aromatic heterocycles. The number of sulfonamides is 1. The zero-order valence-electron chi connectivity index (χ0n) is 18.8. The molecule has 0 amide bonds. The molecule has 0 saturated carbocycles. The summed E-state index contributed by atoms with van der Waals surface area (Å²) in [6, 6.07) is 6.25. The van der Waals surface area contributed by atoms with Crippen LogP contribution in [0.2, 0.25) is 0 Å². The summed E-state index contributed by atoms with van der Waals surface area (Å²) in [5, 5.41) is 0.487. The zero-order chi connectivity index (χ0) is 24.6. The Morgan fingerprint density at radius 2 is 1.89 bits per heavy atom. The molecule has 1 unspecified atom stereocenters. The lowest BCUT2D eigenvalue weighted by Gasteiger charge is -2.26. The maximum absolute atomic E-state index is 14.2. The predicted molar refractivity (Wildman–Crippen MR) is 124 cm³/mol. The maximum Gasteiger partial charge on any atom is 0.243 e. The molecule has 3 heterocycles. The molecule has 2 aromatic carbocycles. The van der Waals surface area contributed by atoms with Crippen LogP contribution >= 0.6 is 11.8 Å². The van der Waals surface area contributed by atoms with Crippen molar-refractivity contribution in [3.8, 4) is 0 Å². The van der Waals surface area contributed by atoms with E-state index >= 15 is 0 Å². The zero-order valence-corrected chi connectivity index (χ0v) is 20.4. The number of halogens is 3. The lowest BCUT2D eigenvalue weighted by Crippen LogP contribution is -2.40. The van der Waals surface area contributed by atoms with Crippen molar-refractivity contribution in [1.82, 2.24) is 13.9 Å². The summed E-state index contributed by atoms with van der Waals surface area (Å²) in [7, 11) is -3.71. The van der Waals surface area contributed by atoms with Gasteiger partial charge >= 0.3 is 0 Å². The second-order valence-corrected chi connectivity index (χ2v) is 11.3. The number of aromatic nitrogens is 2. The van der Waals surface area contributed by atoms with E-state index in [1.807, 2.05) is 4.57 Å². The smallest absolute Gasteiger partial charge is 0.243 e. The molecule has 2 saturated heterocycles. The lowest BCUT2D eigenvalue weighted by atomic mass is 10.2. The van der Waals surface area contributed by atoms with E-state index in [1.54, 1.807) is 12.1 Å². The monoisotopic (exact) mass is 527 g/mol. The van der Waals surface area contributed by atoms with Crippen LogP contribution in [0.25, 0.3) is 11.0 Å². The molecule has 5 rings (SSSR count).